The first-order valence-electron chi connectivity index (χ1n) is 4.66. The minimum Gasteiger partial charge on any atom is -0.393 e. The number of primary amides is 1. The number of hydrogen-bond donors (Lipinski definition) is 2. The van der Waals surface area contributed by atoms with Gasteiger partial charge in [-0.25, -0.2) is 14.1 Å². The summed E-state index contributed by atoms with van der Waals surface area (Å²) in [4.78, 5) is 14.4. The van der Waals surface area contributed by atoms with Crippen molar-refractivity contribution in [3.05, 3.63) is 12.2 Å². The summed E-state index contributed by atoms with van der Waals surface area (Å²) >= 11 is 0. The zero-order valence-electron chi connectivity index (χ0n) is 8.34. The van der Waals surface area contributed by atoms with Gasteiger partial charge in [-0.3, -0.25) is 4.79 Å². The van der Waals surface area contributed by atoms with Gasteiger partial charge in [0.25, 0.3) is 5.91 Å². The molecule has 88 valence electrons. The highest BCUT2D eigenvalue weighted by molar-refractivity contribution is 5.88. The van der Waals surface area contributed by atoms with Crippen LogP contribution in [-0.4, -0.2) is 44.7 Å². The second kappa shape index (κ2) is 3.80. The van der Waals surface area contributed by atoms with Crippen molar-refractivity contribution in [3.8, 4) is 0 Å². The van der Waals surface area contributed by atoms with Crippen molar-refractivity contribution in [1.29, 1.82) is 0 Å². The number of amides is 1. The van der Waals surface area contributed by atoms with Crippen LogP contribution in [0.3, 0.4) is 0 Å². The second-order valence-electron chi connectivity index (χ2n) is 3.69. The molecule has 16 heavy (non-hydrogen) atoms. The molecule has 3 N–H and O–H groups in total. The summed E-state index contributed by atoms with van der Waals surface area (Å²) < 4.78 is 19.9. The van der Waals surface area contributed by atoms with Gasteiger partial charge in [0.2, 0.25) is 5.82 Å². The highest BCUT2D eigenvalue weighted by Crippen LogP contribution is 2.33. The van der Waals surface area contributed by atoms with Crippen LogP contribution >= 0.6 is 0 Å². The largest absolute Gasteiger partial charge is 0.393 e. The Morgan fingerprint density at radius 2 is 2.62 bits per heavy atom. The molecule has 0 aliphatic carbocycles. The Bertz CT molecular complexity index is 410. The third-order valence-corrected chi connectivity index (χ3v) is 2.38. The molecule has 0 spiro atoms. The van der Waals surface area contributed by atoms with Gasteiger partial charge in [0.15, 0.2) is 11.9 Å². The summed E-state index contributed by atoms with van der Waals surface area (Å²) in [5.41, 5.74) is 3.21. The maximum Gasteiger partial charge on any atom is 0.288 e. The fraction of sp³-hybridized carbons (Fsp3) is 0.625. The Balaban J connectivity index is 2.11. The molecular formula is C8H11FN4O3. The van der Waals surface area contributed by atoms with Crippen molar-refractivity contribution in [3.63, 3.8) is 0 Å². The molecule has 1 saturated heterocycles. The minimum atomic E-state index is -1.76. The van der Waals surface area contributed by atoms with Crippen LogP contribution in [0.4, 0.5) is 4.39 Å². The first-order valence-corrected chi connectivity index (χ1v) is 4.66. The van der Waals surface area contributed by atoms with Crippen LogP contribution in [0, 0.1) is 0 Å². The first-order chi connectivity index (χ1) is 7.54. The molecule has 2 rings (SSSR count). The van der Waals surface area contributed by atoms with E-state index in [1.165, 1.54) is 11.0 Å². The fourth-order valence-corrected chi connectivity index (χ4v) is 1.48. The Hall–Kier alpha value is -1.54. The van der Waals surface area contributed by atoms with E-state index in [9.17, 15) is 9.18 Å². The molecule has 0 bridgehead atoms. The first kappa shape index (κ1) is 11.0. The summed E-state index contributed by atoms with van der Waals surface area (Å²) in [5, 5.41) is 12.6. The van der Waals surface area contributed by atoms with E-state index in [0.29, 0.717) is 0 Å². The molecule has 8 heteroatoms. The quantitative estimate of drug-likeness (QED) is 0.693. The number of carbonyl (C=O) groups is 1. The summed E-state index contributed by atoms with van der Waals surface area (Å²) in [6.45, 7) is -0.819. The number of aromatic nitrogens is 3. The van der Waals surface area contributed by atoms with Gasteiger partial charge in [0.05, 0.1) is 13.2 Å². The van der Waals surface area contributed by atoms with Gasteiger partial charge in [0, 0.05) is 6.42 Å². The monoisotopic (exact) mass is 230 g/mol. The number of carbonyl (C=O) groups excluding carboxylic acids is 1. The van der Waals surface area contributed by atoms with Gasteiger partial charge in [0.1, 0.15) is 6.33 Å². The SMILES string of the molecule is NC(=O)c1ncn([C@@H]2C[C@@](F)(CO)CO2)n1. The van der Waals surface area contributed by atoms with Gasteiger partial charge in [-0.1, -0.05) is 0 Å². The Morgan fingerprint density at radius 3 is 3.12 bits per heavy atom. The third-order valence-electron chi connectivity index (χ3n) is 2.38. The second-order valence-corrected chi connectivity index (χ2v) is 3.69. The Morgan fingerprint density at radius 1 is 1.88 bits per heavy atom. The van der Waals surface area contributed by atoms with E-state index in [2.05, 4.69) is 10.1 Å². The molecule has 0 aromatic carbocycles. The van der Waals surface area contributed by atoms with E-state index in [0.717, 1.165) is 0 Å². The maximum atomic E-state index is 13.6. The predicted octanol–water partition coefficient (Wildman–Crippen LogP) is -1.00. The lowest BCUT2D eigenvalue weighted by atomic mass is 10.1. The standard InChI is InChI=1S/C8H11FN4O3/c9-8(2-14)1-5(16-3-8)13-4-11-7(12-13)6(10)15/h4-5,14H,1-3H2,(H2,10,15)/t5-,8+/m0/s1. The molecular weight excluding hydrogens is 219 g/mol. The predicted molar refractivity (Wildman–Crippen MR) is 49.1 cm³/mol. The van der Waals surface area contributed by atoms with Gasteiger partial charge in [-0.05, 0) is 0 Å². The molecule has 2 heterocycles. The average molecular weight is 230 g/mol. The highest BCUT2D eigenvalue weighted by atomic mass is 19.1. The van der Waals surface area contributed by atoms with E-state index in [1.807, 2.05) is 0 Å². The van der Waals surface area contributed by atoms with Gasteiger partial charge >= 0.3 is 0 Å². The van der Waals surface area contributed by atoms with Gasteiger partial charge in [-0.15, -0.1) is 5.10 Å². The summed E-state index contributed by atoms with van der Waals surface area (Å²) in [5.74, 6) is -0.908. The number of nitrogens with two attached hydrogens (primary N) is 1. The molecule has 1 aromatic rings. The van der Waals surface area contributed by atoms with Crippen LogP contribution in [-0.2, 0) is 4.74 Å². The van der Waals surface area contributed by atoms with Crippen LogP contribution in [0.5, 0.6) is 0 Å². The number of hydrogen-bond acceptors (Lipinski definition) is 5. The summed E-state index contributed by atoms with van der Waals surface area (Å²) in [7, 11) is 0. The number of alkyl halides is 1. The lowest BCUT2D eigenvalue weighted by Crippen LogP contribution is -2.27. The molecule has 2 atom stereocenters. The van der Waals surface area contributed by atoms with E-state index in [-0.39, 0.29) is 18.9 Å². The van der Waals surface area contributed by atoms with E-state index < -0.39 is 24.4 Å². The van der Waals surface area contributed by atoms with Gasteiger partial charge in [-0.2, -0.15) is 0 Å². The van der Waals surface area contributed by atoms with Crippen LogP contribution in [0.25, 0.3) is 0 Å². The molecule has 0 saturated carbocycles. The van der Waals surface area contributed by atoms with Crippen molar-refractivity contribution in [2.45, 2.75) is 18.3 Å². The maximum absolute atomic E-state index is 13.6. The molecule has 0 unspecified atom stereocenters. The summed E-state index contributed by atoms with van der Waals surface area (Å²) in [6, 6.07) is 0. The van der Waals surface area contributed by atoms with E-state index >= 15 is 0 Å². The number of halogens is 1. The van der Waals surface area contributed by atoms with E-state index in [4.69, 9.17) is 15.6 Å². The average Bonchev–Trinajstić information content (AvgIpc) is 2.84. The molecule has 1 amide bonds. The number of rotatable bonds is 3. The number of nitrogens with zero attached hydrogens (tertiary/aromatic N) is 3. The topological polar surface area (TPSA) is 103 Å². The van der Waals surface area contributed by atoms with Crippen LogP contribution in [0.15, 0.2) is 6.33 Å². The Kier molecular flexibility index (Phi) is 2.60. The van der Waals surface area contributed by atoms with Crippen molar-refractivity contribution in [1.82, 2.24) is 14.8 Å². The third kappa shape index (κ3) is 1.89. The highest BCUT2D eigenvalue weighted by Gasteiger charge is 2.41. The Labute approximate surface area is 90.0 Å². The van der Waals surface area contributed by atoms with Crippen molar-refractivity contribution < 1.29 is 19.0 Å². The lowest BCUT2D eigenvalue weighted by molar-refractivity contribution is 0.0242. The fourth-order valence-electron chi connectivity index (χ4n) is 1.48. The van der Waals surface area contributed by atoms with Crippen LogP contribution in [0.2, 0.25) is 0 Å². The normalized spacial score (nSPS) is 29.5. The minimum absolute atomic E-state index is 0.0366. The van der Waals surface area contributed by atoms with Gasteiger partial charge < -0.3 is 15.6 Å². The van der Waals surface area contributed by atoms with Crippen LogP contribution < -0.4 is 5.73 Å². The summed E-state index contributed by atoms with van der Waals surface area (Å²) in [6.07, 6.45) is 0.539. The number of ether oxygens (including phenoxy) is 1. The lowest BCUT2D eigenvalue weighted by Gasteiger charge is -2.12. The molecule has 7 nitrogen and oxygen atoms in total. The van der Waals surface area contributed by atoms with Crippen LogP contribution in [0.1, 0.15) is 23.3 Å². The number of aliphatic hydroxyl groups excluding tert-OH is 1. The molecule has 1 aliphatic heterocycles. The van der Waals surface area contributed by atoms with Crippen molar-refractivity contribution >= 4 is 5.91 Å². The zero-order valence-corrected chi connectivity index (χ0v) is 8.34. The molecule has 0 radical (unpaired) electrons. The molecule has 1 fully saturated rings. The molecule has 1 aliphatic rings. The zero-order chi connectivity index (χ0) is 11.8. The number of aliphatic hydroxyl groups is 1. The molecule has 1 aromatic heterocycles. The van der Waals surface area contributed by atoms with Crippen molar-refractivity contribution in [2.75, 3.05) is 13.2 Å². The van der Waals surface area contributed by atoms with Crippen molar-refractivity contribution in [2.24, 2.45) is 5.73 Å². The smallest absolute Gasteiger partial charge is 0.288 e. The van der Waals surface area contributed by atoms with E-state index in [1.54, 1.807) is 0 Å².